The number of aryl methyl sites for hydroxylation is 1. The fourth-order valence-corrected chi connectivity index (χ4v) is 4.14. The van der Waals surface area contributed by atoms with Crippen LogP contribution in [0.4, 0.5) is 5.69 Å². The van der Waals surface area contributed by atoms with Crippen LogP contribution in [0.2, 0.25) is 5.02 Å². The summed E-state index contributed by atoms with van der Waals surface area (Å²) in [6.45, 7) is 2.06. The summed E-state index contributed by atoms with van der Waals surface area (Å²) in [6.07, 6.45) is 0.723. The number of hydrogen-bond donors (Lipinski definition) is 1. The van der Waals surface area contributed by atoms with Gasteiger partial charge in [0, 0.05) is 10.6 Å². The molecular weight excluding hydrogens is 480 g/mol. The normalized spacial score (nSPS) is 15.3. The zero-order chi connectivity index (χ0) is 25.7. The first-order valence-corrected chi connectivity index (χ1v) is 11.9. The Hall–Kier alpha value is -3.81. The largest absolute Gasteiger partial charge is 0.454 e. The highest BCUT2D eigenvalue weighted by Gasteiger charge is 2.39. The molecular formula is C28H25ClN2O5. The maximum Gasteiger partial charge on any atom is 0.338 e. The van der Waals surface area contributed by atoms with Gasteiger partial charge in [-0.25, -0.2) is 9.69 Å². The minimum atomic E-state index is -0.665. The van der Waals surface area contributed by atoms with Gasteiger partial charge in [0.1, 0.15) is 0 Å². The monoisotopic (exact) mass is 504 g/mol. The van der Waals surface area contributed by atoms with E-state index in [-0.39, 0.29) is 36.2 Å². The third-order valence-electron chi connectivity index (χ3n) is 5.91. The molecule has 3 aromatic carbocycles. The minimum Gasteiger partial charge on any atom is -0.454 e. The van der Waals surface area contributed by atoms with Gasteiger partial charge in [-0.05, 0) is 61.9 Å². The molecule has 1 atom stereocenters. The van der Waals surface area contributed by atoms with E-state index < -0.39 is 12.0 Å². The smallest absolute Gasteiger partial charge is 0.338 e. The van der Waals surface area contributed by atoms with Crippen LogP contribution in [0.15, 0.2) is 72.8 Å². The lowest BCUT2D eigenvalue weighted by Crippen LogP contribution is -2.39. The third-order valence-corrected chi connectivity index (χ3v) is 6.14. The number of hydrogen-bond acceptors (Lipinski definition) is 6. The number of anilines is 1. The highest BCUT2D eigenvalue weighted by Crippen LogP contribution is 2.24. The van der Waals surface area contributed by atoms with E-state index in [1.807, 2.05) is 37.3 Å². The zero-order valence-electron chi connectivity index (χ0n) is 19.7. The summed E-state index contributed by atoms with van der Waals surface area (Å²) >= 11 is 6.00. The van der Waals surface area contributed by atoms with E-state index in [9.17, 15) is 19.2 Å². The van der Waals surface area contributed by atoms with Gasteiger partial charge >= 0.3 is 5.97 Å². The molecule has 0 aliphatic carbocycles. The van der Waals surface area contributed by atoms with Crippen LogP contribution >= 0.6 is 11.6 Å². The molecule has 1 saturated heterocycles. The fourth-order valence-electron chi connectivity index (χ4n) is 3.93. The SMILES string of the molecule is Cc1ccc(C(=O)COC(=O)c2ccc(N3C(=O)CC(NCCc4cccc(Cl)c4)C3=O)cc2)cc1. The van der Waals surface area contributed by atoms with Crippen LogP contribution in [0.1, 0.15) is 38.3 Å². The van der Waals surface area contributed by atoms with Crippen molar-refractivity contribution in [1.82, 2.24) is 5.32 Å². The second-order valence-corrected chi connectivity index (χ2v) is 9.01. The number of amides is 2. The Morgan fingerprint density at radius 3 is 2.39 bits per heavy atom. The zero-order valence-corrected chi connectivity index (χ0v) is 20.5. The molecule has 36 heavy (non-hydrogen) atoms. The Balaban J connectivity index is 1.31. The first-order chi connectivity index (χ1) is 17.3. The van der Waals surface area contributed by atoms with Crippen molar-refractivity contribution in [1.29, 1.82) is 0 Å². The Morgan fingerprint density at radius 2 is 1.69 bits per heavy atom. The topological polar surface area (TPSA) is 92.8 Å². The third kappa shape index (κ3) is 6.05. The highest BCUT2D eigenvalue weighted by molar-refractivity contribution is 6.30. The molecule has 1 unspecified atom stereocenters. The van der Waals surface area contributed by atoms with E-state index in [4.69, 9.17) is 16.3 Å². The number of ether oxygens (including phenoxy) is 1. The number of carbonyl (C=O) groups is 4. The Kier molecular flexibility index (Phi) is 7.93. The van der Waals surface area contributed by atoms with E-state index in [0.717, 1.165) is 16.0 Å². The van der Waals surface area contributed by atoms with Gasteiger partial charge in [-0.1, -0.05) is 53.6 Å². The van der Waals surface area contributed by atoms with Gasteiger partial charge in [0.25, 0.3) is 5.91 Å². The van der Waals surface area contributed by atoms with Crippen LogP contribution in [0.5, 0.6) is 0 Å². The number of nitrogens with one attached hydrogen (secondary N) is 1. The molecule has 1 N–H and O–H groups in total. The molecule has 3 aromatic rings. The van der Waals surface area contributed by atoms with E-state index in [2.05, 4.69) is 5.32 Å². The van der Waals surface area contributed by atoms with Gasteiger partial charge in [-0.3, -0.25) is 14.4 Å². The van der Waals surface area contributed by atoms with Crippen molar-refractivity contribution in [3.8, 4) is 0 Å². The van der Waals surface area contributed by atoms with Crippen LogP contribution in [0.3, 0.4) is 0 Å². The molecule has 1 heterocycles. The van der Waals surface area contributed by atoms with Crippen molar-refractivity contribution in [3.05, 3.63) is 100 Å². The molecule has 0 bridgehead atoms. The van der Waals surface area contributed by atoms with E-state index in [0.29, 0.717) is 29.2 Å². The van der Waals surface area contributed by atoms with Crippen LogP contribution in [-0.4, -0.2) is 42.8 Å². The van der Waals surface area contributed by atoms with Crippen molar-refractivity contribution >= 4 is 40.9 Å². The second-order valence-electron chi connectivity index (χ2n) is 8.57. The quantitative estimate of drug-likeness (QED) is 0.267. The predicted octanol–water partition coefficient (Wildman–Crippen LogP) is 4.15. The minimum absolute atomic E-state index is 0.0549. The lowest BCUT2D eigenvalue weighted by molar-refractivity contribution is -0.121. The van der Waals surface area contributed by atoms with Crippen molar-refractivity contribution in [2.24, 2.45) is 0 Å². The van der Waals surface area contributed by atoms with Crippen LogP contribution < -0.4 is 10.2 Å². The average Bonchev–Trinajstić information content (AvgIpc) is 3.15. The van der Waals surface area contributed by atoms with Crippen molar-refractivity contribution in [3.63, 3.8) is 0 Å². The summed E-state index contributed by atoms with van der Waals surface area (Å²) < 4.78 is 5.13. The lowest BCUT2D eigenvalue weighted by atomic mass is 10.1. The molecule has 0 radical (unpaired) electrons. The Labute approximate surface area is 214 Å². The highest BCUT2D eigenvalue weighted by atomic mass is 35.5. The van der Waals surface area contributed by atoms with Crippen LogP contribution in [0.25, 0.3) is 0 Å². The molecule has 8 heteroatoms. The number of esters is 1. The van der Waals surface area contributed by atoms with Crippen LogP contribution in [0, 0.1) is 6.92 Å². The molecule has 0 aromatic heterocycles. The average molecular weight is 505 g/mol. The lowest BCUT2D eigenvalue weighted by Gasteiger charge is -2.16. The first-order valence-electron chi connectivity index (χ1n) is 11.5. The molecule has 1 fully saturated rings. The number of nitrogens with zero attached hydrogens (tertiary/aromatic N) is 1. The standard InChI is InChI=1S/C28H25ClN2O5/c1-18-5-7-20(8-6-18)25(32)17-36-28(35)21-9-11-23(12-10-21)31-26(33)16-24(27(31)34)30-14-13-19-3-2-4-22(29)15-19/h2-12,15,24,30H,13-14,16-17H2,1H3. The number of ketones is 1. The summed E-state index contributed by atoms with van der Waals surface area (Å²) in [4.78, 5) is 51.1. The number of benzene rings is 3. The molecule has 7 nitrogen and oxygen atoms in total. The number of imide groups is 1. The summed E-state index contributed by atoms with van der Waals surface area (Å²) in [5, 5.41) is 3.79. The number of Topliss-reactive ketones (excluding diaryl/α,β-unsaturated/α-hetero) is 1. The van der Waals surface area contributed by atoms with Crippen molar-refractivity contribution in [2.45, 2.75) is 25.8 Å². The van der Waals surface area contributed by atoms with Gasteiger partial charge in [0.05, 0.1) is 23.7 Å². The number of halogens is 1. The number of rotatable bonds is 9. The maximum absolute atomic E-state index is 12.9. The Bertz CT molecular complexity index is 1290. The summed E-state index contributed by atoms with van der Waals surface area (Å²) in [5.41, 5.74) is 3.11. The fraction of sp³-hybridized carbons (Fsp3) is 0.214. The molecule has 0 spiro atoms. The van der Waals surface area contributed by atoms with Gasteiger partial charge in [-0.15, -0.1) is 0 Å². The molecule has 4 rings (SSSR count). The molecule has 1 aliphatic heterocycles. The van der Waals surface area contributed by atoms with Gasteiger partial charge in [-0.2, -0.15) is 0 Å². The van der Waals surface area contributed by atoms with E-state index >= 15 is 0 Å². The molecule has 2 amide bonds. The predicted molar refractivity (Wildman–Crippen MR) is 136 cm³/mol. The summed E-state index contributed by atoms with van der Waals surface area (Å²) in [5.74, 6) is -1.63. The summed E-state index contributed by atoms with van der Waals surface area (Å²) in [7, 11) is 0. The van der Waals surface area contributed by atoms with Gasteiger partial charge in [0.15, 0.2) is 12.4 Å². The molecule has 0 saturated carbocycles. The second kappa shape index (κ2) is 11.3. The van der Waals surface area contributed by atoms with Gasteiger partial charge < -0.3 is 10.1 Å². The summed E-state index contributed by atoms with van der Waals surface area (Å²) in [6, 6.07) is 19.8. The van der Waals surface area contributed by atoms with Crippen LogP contribution in [-0.2, 0) is 20.7 Å². The van der Waals surface area contributed by atoms with E-state index in [1.165, 1.54) is 24.3 Å². The van der Waals surface area contributed by atoms with Crippen molar-refractivity contribution < 1.29 is 23.9 Å². The van der Waals surface area contributed by atoms with Gasteiger partial charge in [0.2, 0.25) is 5.91 Å². The molecule has 184 valence electrons. The Morgan fingerprint density at radius 1 is 1.00 bits per heavy atom. The first kappa shape index (κ1) is 25.3. The maximum atomic E-state index is 12.9. The van der Waals surface area contributed by atoms with Crippen molar-refractivity contribution in [2.75, 3.05) is 18.1 Å². The number of carbonyl (C=O) groups excluding carboxylic acids is 4. The molecule has 1 aliphatic rings. The van der Waals surface area contributed by atoms with E-state index in [1.54, 1.807) is 18.2 Å².